The fourth-order valence-corrected chi connectivity index (χ4v) is 6.70. The van der Waals surface area contributed by atoms with Crippen LogP contribution < -0.4 is 5.56 Å². The predicted molar refractivity (Wildman–Crippen MR) is 114 cm³/mol. The first kappa shape index (κ1) is 20.4. The van der Waals surface area contributed by atoms with Gasteiger partial charge in [0, 0.05) is 18.6 Å². The zero-order valence-electron chi connectivity index (χ0n) is 16.6. The van der Waals surface area contributed by atoms with Gasteiger partial charge in [-0.2, -0.15) is 0 Å². The van der Waals surface area contributed by atoms with Crippen LogP contribution in [0.2, 0.25) is 0 Å². The van der Waals surface area contributed by atoms with Crippen molar-refractivity contribution < 1.29 is 13.2 Å². The van der Waals surface area contributed by atoms with Crippen LogP contribution >= 0.6 is 11.8 Å². The van der Waals surface area contributed by atoms with Gasteiger partial charge >= 0.3 is 0 Å². The van der Waals surface area contributed by atoms with E-state index in [0.717, 1.165) is 12.8 Å². The second-order valence-electron chi connectivity index (χ2n) is 7.76. The summed E-state index contributed by atoms with van der Waals surface area (Å²) >= 11 is 1.29. The Bertz CT molecular complexity index is 1110. The molecular weight excluding hydrogens is 410 g/mol. The molecule has 0 unspecified atom stereocenters. The van der Waals surface area contributed by atoms with Crippen molar-refractivity contribution in [1.82, 2.24) is 14.5 Å². The summed E-state index contributed by atoms with van der Waals surface area (Å²) in [6, 6.07) is 7.15. The van der Waals surface area contributed by atoms with E-state index < -0.39 is 15.1 Å². The molecule has 1 amide bonds. The van der Waals surface area contributed by atoms with E-state index in [9.17, 15) is 18.0 Å². The quantitative estimate of drug-likeness (QED) is 0.511. The van der Waals surface area contributed by atoms with Crippen LogP contribution in [-0.2, 0) is 14.6 Å². The number of rotatable bonds is 6. The third-order valence-corrected chi connectivity index (χ3v) is 8.39. The minimum absolute atomic E-state index is 0.0327. The summed E-state index contributed by atoms with van der Waals surface area (Å²) in [7, 11) is -3.07. The number of sulfone groups is 1. The van der Waals surface area contributed by atoms with Crippen molar-refractivity contribution in [3.8, 4) is 0 Å². The summed E-state index contributed by atoms with van der Waals surface area (Å²) < 4.78 is 25.4. The summed E-state index contributed by atoms with van der Waals surface area (Å²) in [5.74, 6) is 0.0610. The molecule has 156 valence electrons. The normalized spacial score (nSPS) is 21.9. The van der Waals surface area contributed by atoms with Gasteiger partial charge in [-0.05, 0) is 45.2 Å². The van der Waals surface area contributed by atoms with Crippen LogP contribution in [0, 0.1) is 0 Å². The van der Waals surface area contributed by atoms with E-state index in [2.05, 4.69) is 4.98 Å². The molecule has 0 spiro atoms. The van der Waals surface area contributed by atoms with E-state index in [0.29, 0.717) is 29.0 Å². The number of carbonyl (C=O) groups excluding carboxylic acids is 1. The van der Waals surface area contributed by atoms with Gasteiger partial charge in [-0.15, -0.1) is 0 Å². The van der Waals surface area contributed by atoms with Gasteiger partial charge in [0.05, 0.1) is 27.7 Å². The average molecular weight is 436 g/mol. The maximum Gasteiger partial charge on any atom is 0.262 e. The number of fused-ring (bicyclic) bond motifs is 1. The molecule has 1 aromatic heterocycles. The van der Waals surface area contributed by atoms with Crippen molar-refractivity contribution in [2.45, 2.75) is 55.6 Å². The van der Waals surface area contributed by atoms with Crippen molar-refractivity contribution in [3.63, 3.8) is 0 Å². The third kappa shape index (κ3) is 4.07. The van der Waals surface area contributed by atoms with Crippen LogP contribution in [0.4, 0.5) is 0 Å². The Labute approximate surface area is 174 Å². The van der Waals surface area contributed by atoms with Crippen molar-refractivity contribution in [2.75, 3.05) is 18.1 Å². The molecule has 1 saturated carbocycles. The molecule has 7 nitrogen and oxygen atoms in total. The summed E-state index contributed by atoms with van der Waals surface area (Å²) in [6.45, 7) is 4.14. The Morgan fingerprint density at radius 2 is 2.03 bits per heavy atom. The van der Waals surface area contributed by atoms with Gasteiger partial charge in [0.1, 0.15) is 0 Å². The number of amides is 1. The van der Waals surface area contributed by atoms with Crippen LogP contribution in [0.3, 0.4) is 0 Å². The van der Waals surface area contributed by atoms with E-state index >= 15 is 0 Å². The largest absolute Gasteiger partial charge is 0.338 e. The van der Waals surface area contributed by atoms with Crippen molar-refractivity contribution in [1.29, 1.82) is 0 Å². The van der Waals surface area contributed by atoms with Crippen LogP contribution in [0.5, 0.6) is 0 Å². The molecule has 4 rings (SSSR count). The fourth-order valence-electron chi connectivity index (χ4n) is 3.92. The lowest BCUT2D eigenvalue weighted by atomic mass is 10.2. The maximum atomic E-state index is 13.1. The Kier molecular flexibility index (Phi) is 5.46. The highest BCUT2D eigenvalue weighted by Crippen LogP contribution is 2.38. The van der Waals surface area contributed by atoms with Gasteiger partial charge in [0.25, 0.3) is 5.56 Å². The molecule has 2 fully saturated rings. The van der Waals surface area contributed by atoms with Crippen molar-refractivity contribution >= 4 is 38.4 Å². The summed E-state index contributed by atoms with van der Waals surface area (Å²) in [5.41, 5.74) is 0.570. The summed E-state index contributed by atoms with van der Waals surface area (Å²) in [5, 5.41) is 0.692. The van der Waals surface area contributed by atoms with E-state index in [1.807, 2.05) is 25.1 Å². The molecule has 0 radical (unpaired) electrons. The highest BCUT2D eigenvalue weighted by atomic mass is 32.2. The maximum absolute atomic E-state index is 13.1. The van der Waals surface area contributed by atoms with E-state index in [1.165, 1.54) is 11.8 Å². The van der Waals surface area contributed by atoms with Crippen LogP contribution in [0.25, 0.3) is 10.9 Å². The first-order valence-corrected chi connectivity index (χ1v) is 12.7. The van der Waals surface area contributed by atoms with Crippen molar-refractivity contribution in [2.24, 2.45) is 0 Å². The summed E-state index contributed by atoms with van der Waals surface area (Å²) in [4.78, 5) is 32.5. The van der Waals surface area contributed by atoms with Gasteiger partial charge in [-0.1, -0.05) is 23.9 Å². The Hall–Kier alpha value is -1.87. The molecule has 2 aromatic rings. The SMILES string of the molecule is CCN(C(=O)[C@@H](C)Sc1nc2ccccc2c(=O)n1C1CC1)[C@@H]1CCS(=O)(=O)C1. The second kappa shape index (κ2) is 7.75. The number of benzene rings is 1. The average Bonchev–Trinajstić information content (AvgIpc) is 3.45. The molecule has 9 heteroatoms. The molecule has 2 atom stereocenters. The second-order valence-corrected chi connectivity index (χ2v) is 11.3. The number of hydrogen-bond donors (Lipinski definition) is 0. The minimum atomic E-state index is -3.07. The van der Waals surface area contributed by atoms with E-state index in [-0.39, 0.29) is 35.1 Å². The number of aromatic nitrogens is 2. The molecule has 1 aromatic carbocycles. The van der Waals surface area contributed by atoms with Gasteiger partial charge < -0.3 is 4.90 Å². The Balaban J connectivity index is 1.61. The molecule has 0 bridgehead atoms. The lowest BCUT2D eigenvalue weighted by molar-refractivity contribution is -0.131. The molecule has 0 N–H and O–H groups in total. The topological polar surface area (TPSA) is 89.3 Å². The van der Waals surface area contributed by atoms with Gasteiger partial charge in [-0.25, -0.2) is 13.4 Å². The van der Waals surface area contributed by atoms with E-state index in [4.69, 9.17) is 0 Å². The first-order chi connectivity index (χ1) is 13.8. The molecule has 1 saturated heterocycles. The molecule has 1 aliphatic heterocycles. The number of carbonyl (C=O) groups is 1. The predicted octanol–water partition coefficient (Wildman–Crippen LogP) is 2.25. The van der Waals surface area contributed by atoms with Gasteiger partial charge in [-0.3, -0.25) is 14.2 Å². The number of thioether (sulfide) groups is 1. The lowest BCUT2D eigenvalue weighted by Gasteiger charge is -2.29. The highest BCUT2D eigenvalue weighted by molar-refractivity contribution is 8.00. The summed E-state index contributed by atoms with van der Waals surface area (Å²) in [6.07, 6.45) is 2.37. The molecular formula is C20H25N3O4S2. The van der Waals surface area contributed by atoms with E-state index in [1.54, 1.807) is 22.5 Å². The highest BCUT2D eigenvalue weighted by Gasteiger charge is 2.36. The fraction of sp³-hybridized carbons (Fsp3) is 0.550. The number of para-hydroxylation sites is 1. The zero-order valence-corrected chi connectivity index (χ0v) is 18.2. The smallest absolute Gasteiger partial charge is 0.262 e. The number of hydrogen-bond acceptors (Lipinski definition) is 6. The Morgan fingerprint density at radius 3 is 2.66 bits per heavy atom. The molecule has 2 aliphatic rings. The number of nitrogens with zero attached hydrogens (tertiary/aromatic N) is 3. The third-order valence-electron chi connectivity index (χ3n) is 5.59. The van der Waals surface area contributed by atoms with Crippen LogP contribution in [0.1, 0.15) is 39.2 Å². The monoisotopic (exact) mass is 435 g/mol. The minimum Gasteiger partial charge on any atom is -0.338 e. The molecule has 2 heterocycles. The van der Waals surface area contributed by atoms with Crippen molar-refractivity contribution in [3.05, 3.63) is 34.6 Å². The Morgan fingerprint density at radius 1 is 1.31 bits per heavy atom. The molecule has 1 aliphatic carbocycles. The van der Waals surface area contributed by atoms with Gasteiger partial charge in [0.2, 0.25) is 5.91 Å². The van der Waals surface area contributed by atoms with Crippen LogP contribution in [0.15, 0.2) is 34.2 Å². The molecule has 29 heavy (non-hydrogen) atoms. The standard InChI is InChI=1S/C20H25N3O4S2/c1-3-22(15-10-11-29(26,27)12-15)18(24)13(2)28-20-21-17-7-5-4-6-16(17)19(25)23(20)14-8-9-14/h4-7,13-15H,3,8-12H2,1-2H3/t13-,15-/m1/s1. The van der Waals surface area contributed by atoms with Gasteiger partial charge in [0.15, 0.2) is 15.0 Å². The van der Waals surface area contributed by atoms with Crippen LogP contribution in [-0.4, -0.2) is 58.1 Å². The zero-order chi connectivity index (χ0) is 20.8. The lowest BCUT2D eigenvalue weighted by Crippen LogP contribution is -2.44. The first-order valence-electron chi connectivity index (χ1n) is 9.99.